The average Bonchev–Trinajstić information content (AvgIpc) is 3.09. The van der Waals surface area contributed by atoms with Crippen LogP contribution >= 0.6 is 11.3 Å². The summed E-state index contributed by atoms with van der Waals surface area (Å²) in [6, 6.07) is 0. The van der Waals surface area contributed by atoms with E-state index in [0.29, 0.717) is 38.7 Å². The van der Waals surface area contributed by atoms with E-state index in [2.05, 4.69) is 6.58 Å². The third-order valence-corrected chi connectivity index (χ3v) is 8.71. The number of thiophene rings is 1. The van der Waals surface area contributed by atoms with Gasteiger partial charge < -0.3 is 4.90 Å². The monoisotopic (exact) mass is 422 g/mol. The Hall–Kier alpha value is -1.71. The van der Waals surface area contributed by atoms with Gasteiger partial charge in [-0.3, -0.25) is 9.36 Å². The fourth-order valence-corrected chi connectivity index (χ4v) is 6.44. The van der Waals surface area contributed by atoms with Crippen molar-refractivity contribution in [1.29, 1.82) is 0 Å². The molecule has 1 aliphatic carbocycles. The molecule has 1 fully saturated rings. The number of fused-ring (bicyclic) bond motifs is 3. The molecule has 2 aromatic heterocycles. The Bertz CT molecular complexity index is 1060. The number of anilines is 1. The van der Waals surface area contributed by atoms with E-state index in [0.717, 1.165) is 29.5 Å². The molecule has 7 nitrogen and oxygen atoms in total. The maximum absolute atomic E-state index is 13.3. The van der Waals surface area contributed by atoms with E-state index in [1.165, 1.54) is 21.2 Å². The molecule has 152 valence electrons. The summed E-state index contributed by atoms with van der Waals surface area (Å²) in [7, 11) is -3.19. The van der Waals surface area contributed by atoms with Gasteiger partial charge in [-0.1, -0.05) is 6.08 Å². The lowest BCUT2D eigenvalue weighted by Gasteiger charge is -2.35. The number of aromatic nitrogens is 2. The first kappa shape index (κ1) is 19.6. The predicted octanol–water partition coefficient (Wildman–Crippen LogP) is 1.99. The normalized spacial score (nSPS) is 18.4. The van der Waals surface area contributed by atoms with Gasteiger partial charge in [-0.05, 0) is 38.2 Å². The summed E-state index contributed by atoms with van der Waals surface area (Å²) in [4.78, 5) is 22.4. The topological polar surface area (TPSA) is 75.5 Å². The maximum Gasteiger partial charge on any atom is 0.264 e. The third-order valence-electron chi connectivity index (χ3n) is 5.65. The van der Waals surface area contributed by atoms with Gasteiger partial charge in [0.25, 0.3) is 5.56 Å². The Balaban J connectivity index is 1.74. The zero-order chi connectivity index (χ0) is 19.9. The minimum absolute atomic E-state index is 0.00269. The van der Waals surface area contributed by atoms with E-state index in [9.17, 15) is 13.2 Å². The quantitative estimate of drug-likeness (QED) is 0.689. The lowest BCUT2D eigenvalue weighted by Crippen LogP contribution is -2.50. The Kier molecular flexibility index (Phi) is 5.32. The molecular weight excluding hydrogens is 396 g/mol. The van der Waals surface area contributed by atoms with Crippen molar-refractivity contribution in [1.82, 2.24) is 13.9 Å². The smallest absolute Gasteiger partial charge is 0.264 e. The van der Waals surface area contributed by atoms with Gasteiger partial charge in [-0.2, -0.15) is 4.31 Å². The van der Waals surface area contributed by atoms with Crippen LogP contribution in [0.2, 0.25) is 0 Å². The lowest BCUT2D eigenvalue weighted by molar-refractivity contribution is 0.381. The molecule has 0 aromatic carbocycles. The van der Waals surface area contributed by atoms with E-state index < -0.39 is 10.0 Å². The van der Waals surface area contributed by atoms with Crippen molar-refractivity contribution in [3.8, 4) is 0 Å². The highest BCUT2D eigenvalue weighted by atomic mass is 32.2. The summed E-state index contributed by atoms with van der Waals surface area (Å²) >= 11 is 1.64. The van der Waals surface area contributed by atoms with Crippen LogP contribution in [0.3, 0.4) is 0 Å². The third kappa shape index (κ3) is 3.29. The van der Waals surface area contributed by atoms with E-state index in [4.69, 9.17) is 4.98 Å². The van der Waals surface area contributed by atoms with Crippen molar-refractivity contribution in [2.75, 3.05) is 36.8 Å². The summed E-state index contributed by atoms with van der Waals surface area (Å²) in [6.07, 6.45) is 5.99. The highest BCUT2D eigenvalue weighted by Gasteiger charge is 2.29. The summed E-state index contributed by atoms with van der Waals surface area (Å²) in [5.41, 5.74) is 1.19. The molecule has 0 N–H and O–H groups in total. The van der Waals surface area contributed by atoms with Gasteiger partial charge in [0.15, 0.2) is 0 Å². The summed E-state index contributed by atoms with van der Waals surface area (Å²) in [5, 5.41) is 0.775. The molecule has 0 saturated carbocycles. The van der Waals surface area contributed by atoms with Crippen molar-refractivity contribution < 1.29 is 8.42 Å². The standard InChI is InChI=1S/C19H26N4O3S2/c1-3-9-23-18(24)16-14-7-5-6-8-15(14)27-17(16)20-19(23)21-10-12-22(13-11-21)28(25,26)4-2/h3H,1,4-13H2,2H3. The van der Waals surface area contributed by atoms with Crippen LogP contribution < -0.4 is 10.5 Å². The molecule has 1 aliphatic heterocycles. The molecule has 2 aliphatic rings. The zero-order valence-electron chi connectivity index (χ0n) is 16.2. The van der Waals surface area contributed by atoms with Crippen molar-refractivity contribution in [3.05, 3.63) is 33.4 Å². The molecule has 9 heteroatoms. The first-order chi connectivity index (χ1) is 13.5. The molecule has 0 spiro atoms. The van der Waals surface area contributed by atoms with Crippen LogP contribution in [0.1, 0.15) is 30.2 Å². The second-order valence-corrected chi connectivity index (χ2v) is 10.6. The fourth-order valence-electron chi connectivity index (χ4n) is 4.11. The van der Waals surface area contributed by atoms with Crippen LogP contribution in [-0.4, -0.2) is 54.2 Å². The fraction of sp³-hybridized carbons (Fsp3) is 0.579. The number of nitrogens with zero attached hydrogens (tertiary/aromatic N) is 4. The van der Waals surface area contributed by atoms with E-state index in [1.54, 1.807) is 28.9 Å². The zero-order valence-corrected chi connectivity index (χ0v) is 17.8. The average molecular weight is 423 g/mol. The molecule has 3 heterocycles. The van der Waals surface area contributed by atoms with Gasteiger partial charge >= 0.3 is 0 Å². The van der Waals surface area contributed by atoms with Crippen LogP contribution in [0.4, 0.5) is 5.95 Å². The molecule has 0 radical (unpaired) electrons. The van der Waals surface area contributed by atoms with Gasteiger partial charge in [-0.25, -0.2) is 13.4 Å². The molecule has 28 heavy (non-hydrogen) atoms. The molecule has 4 rings (SSSR count). The second kappa shape index (κ2) is 7.61. The van der Waals surface area contributed by atoms with E-state index >= 15 is 0 Å². The summed E-state index contributed by atoms with van der Waals surface area (Å²) in [5.74, 6) is 0.739. The van der Waals surface area contributed by atoms with Crippen LogP contribution in [0.25, 0.3) is 10.2 Å². The molecule has 0 atom stereocenters. The molecule has 0 amide bonds. The van der Waals surface area contributed by atoms with Gasteiger partial charge in [0.1, 0.15) is 4.83 Å². The number of rotatable bonds is 5. The molecular formula is C19H26N4O3S2. The van der Waals surface area contributed by atoms with Gasteiger partial charge in [0.05, 0.1) is 11.1 Å². The lowest BCUT2D eigenvalue weighted by atomic mass is 9.97. The van der Waals surface area contributed by atoms with Crippen molar-refractivity contribution in [3.63, 3.8) is 0 Å². The first-order valence-corrected chi connectivity index (χ1v) is 12.3. The summed E-state index contributed by atoms with van der Waals surface area (Å²) < 4.78 is 27.5. The SMILES string of the molecule is C=CCn1c(N2CCN(S(=O)(=O)CC)CC2)nc2sc3c(c2c1=O)CCCC3. The Labute approximate surface area is 169 Å². The van der Waals surface area contributed by atoms with Crippen LogP contribution in [0, 0.1) is 0 Å². The number of aryl methyl sites for hydroxylation is 2. The maximum atomic E-state index is 13.3. The minimum atomic E-state index is -3.19. The highest BCUT2D eigenvalue weighted by molar-refractivity contribution is 7.89. The van der Waals surface area contributed by atoms with Crippen LogP contribution in [-0.2, 0) is 29.4 Å². The Morgan fingerprint density at radius 2 is 1.89 bits per heavy atom. The van der Waals surface area contributed by atoms with Crippen molar-refractivity contribution in [2.45, 2.75) is 39.2 Å². The van der Waals surface area contributed by atoms with Crippen molar-refractivity contribution >= 4 is 37.5 Å². The molecule has 0 bridgehead atoms. The minimum Gasteiger partial charge on any atom is -0.339 e. The number of allylic oxidation sites excluding steroid dienone is 1. The van der Waals surface area contributed by atoms with Gasteiger partial charge in [0.2, 0.25) is 16.0 Å². The predicted molar refractivity (Wildman–Crippen MR) is 114 cm³/mol. The largest absolute Gasteiger partial charge is 0.339 e. The van der Waals surface area contributed by atoms with Crippen LogP contribution in [0.5, 0.6) is 0 Å². The number of sulfonamides is 1. The first-order valence-electron chi connectivity index (χ1n) is 9.85. The Morgan fingerprint density at radius 3 is 2.57 bits per heavy atom. The molecule has 2 aromatic rings. The number of hydrogen-bond donors (Lipinski definition) is 0. The van der Waals surface area contributed by atoms with Crippen molar-refractivity contribution in [2.24, 2.45) is 0 Å². The van der Waals surface area contributed by atoms with Gasteiger partial charge in [-0.15, -0.1) is 17.9 Å². The Morgan fingerprint density at radius 1 is 1.18 bits per heavy atom. The van der Waals surface area contributed by atoms with Crippen LogP contribution in [0.15, 0.2) is 17.4 Å². The van der Waals surface area contributed by atoms with E-state index in [1.807, 2.05) is 4.90 Å². The summed E-state index contributed by atoms with van der Waals surface area (Å²) in [6.45, 7) is 7.75. The van der Waals surface area contributed by atoms with Gasteiger partial charge in [0, 0.05) is 37.6 Å². The second-order valence-electron chi connectivity index (χ2n) is 7.29. The van der Waals surface area contributed by atoms with E-state index in [-0.39, 0.29) is 11.3 Å². The number of hydrogen-bond acceptors (Lipinski definition) is 6. The molecule has 0 unspecified atom stereocenters. The number of piperazine rings is 1. The molecule has 1 saturated heterocycles. The highest BCUT2D eigenvalue weighted by Crippen LogP contribution is 2.34.